The molecule has 0 spiro atoms. The van der Waals surface area contributed by atoms with E-state index in [1.54, 1.807) is 17.5 Å². The Morgan fingerprint density at radius 1 is 0.962 bits per heavy atom. The third-order valence-electron chi connectivity index (χ3n) is 4.74. The molecule has 3 aromatic rings. The monoisotopic (exact) mass is 362 g/mol. The van der Waals surface area contributed by atoms with E-state index in [1.165, 1.54) is 0 Å². The van der Waals surface area contributed by atoms with Gasteiger partial charge in [-0.25, -0.2) is 0 Å². The van der Waals surface area contributed by atoms with E-state index in [-0.39, 0.29) is 14.7 Å². The number of rotatable bonds is 2. The average Bonchev–Trinajstić information content (AvgIpc) is 3.25. The van der Waals surface area contributed by atoms with Gasteiger partial charge in [-0.05, 0) is 18.6 Å². The van der Waals surface area contributed by atoms with Gasteiger partial charge in [0.1, 0.15) is 0 Å². The molecule has 4 nitrogen and oxygen atoms in total. The van der Waals surface area contributed by atoms with Crippen molar-refractivity contribution >= 4 is 57.4 Å². The minimum Gasteiger partial charge on any atom is -0.361 e. The zero-order valence-corrected chi connectivity index (χ0v) is 14.5. The van der Waals surface area contributed by atoms with E-state index in [1.807, 2.05) is 35.7 Å². The molecule has 2 amide bonds. The van der Waals surface area contributed by atoms with E-state index >= 15 is 0 Å². The number of carbonyl (C=O) groups excluding carboxylic acids is 2. The zero-order chi connectivity index (χ0) is 17.7. The van der Waals surface area contributed by atoms with Crippen LogP contribution in [0.2, 0.25) is 0 Å². The van der Waals surface area contributed by atoms with Crippen LogP contribution in [-0.2, 0) is 9.59 Å². The number of thiophene rings is 1. The zero-order valence-electron chi connectivity index (χ0n) is 13.7. The fourth-order valence-corrected chi connectivity index (χ4v) is 4.53. The van der Waals surface area contributed by atoms with Gasteiger partial charge in [-0.15, -0.1) is 11.3 Å². The molecule has 2 aromatic heterocycles. The van der Waals surface area contributed by atoms with Crippen molar-refractivity contribution in [2.24, 2.45) is 0 Å². The Bertz CT molecular complexity index is 1180. The van der Waals surface area contributed by atoms with Gasteiger partial charge in [0.2, 0.25) is 0 Å². The second-order valence-electron chi connectivity index (χ2n) is 6.25. The summed E-state index contributed by atoms with van der Waals surface area (Å²) in [5.74, 6) is -0.680. The number of benzene rings is 1. The molecule has 0 atom stereocenters. The van der Waals surface area contributed by atoms with Gasteiger partial charge in [-0.3, -0.25) is 14.9 Å². The molecular formula is C21H18N2O2S. The predicted molar refractivity (Wildman–Crippen MR) is 109 cm³/mol. The van der Waals surface area contributed by atoms with Gasteiger partial charge < -0.3 is 4.98 Å². The molecular weight excluding hydrogens is 344 g/mol. The van der Waals surface area contributed by atoms with Crippen molar-refractivity contribution < 1.29 is 12.4 Å². The number of nitrogens with one attached hydrogen (secondary N) is 2. The quantitative estimate of drug-likeness (QED) is 0.648. The fourth-order valence-electron chi connectivity index (χ4n) is 3.56. The Morgan fingerprint density at radius 3 is 2.62 bits per heavy atom. The Kier molecular flexibility index (Phi) is 3.30. The van der Waals surface area contributed by atoms with Crippen molar-refractivity contribution in [3.05, 3.63) is 69.6 Å². The van der Waals surface area contributed by atoms with Crippen LogP contribution in [0.5, 0.6) is 0 Å². The third-order valence-corrected chi connectivity index (χ3v) is 5.71. The molecule has 26 heavy (non-hydrogen) atoms. The van der Waals surface area contributed by atoms with Crippen LogP contribution >= 0.6 is 11.3 Å². The molecule has 0 unspecified atom stereocenters. The van der Waals surface area contributed by atoms with E-state index in [0.717, 1.165) is 38.9 Å². The Labute approximate surface area is 156 Å². The lowest BCUT2D eigenvalue weighted by atomic mass is 9.94. The number of para-hydroxylation sites is 1. The average molecular weight is 362 g/mol. The molecule has 5 heteroatoms. The van der Waals surface area contributed by atoms with Gasteiger partial charge in [-0.1, -0.05) is 36.4 Å². The van der Waals surface area contributed by atoms with Crippen LogP contribution in [0.4, 0.5) is 0 Å². The fraction of sp³-hybridized carbons (Fsp3) is 0.0476. The number of carbonyl (C=O) groups is 2. The summed E-state index contributed by atoms with van der Waals surface area (Å²) in [7, 11) is 0. The van der Waals surface area contributed by atoms with E-state index in [9.17, 15) is 9.59 Å². The number of H-pyrrole nitrogens is 1. The van der Waals surface area contributed by atoms with Crippen LogP contribution in [-0.4, -0.2) is 16.8 Å². The summed E-state index contributed by atoms with van der Waals surface area (Å²) in [6.07, 6.45) is 10.9. The van der Waals surface area contributed by atoms with Gasteiger partial charge in [0.25, 0.3) is 11.8 Å². The minimum absolute atomic E-state index is 0. The molecule has 2 N–H and O–H groups in total. The summed E-state index contributed by atoms with van der Waals surface area (Å²) in [6.45, 7) is 0. The second-order valence-corrected chi connectivity index (χ2v) is 7.16. The van der Waals surface area contributed by atoms with Crippen LogP contribution in [0.15, 0.2) is 48.0 Å². The molecule has 0 saturated heterocycles. The molecule has 0 fully saturated rings. The molecule has 1 aliphatic heterocycles. The highest BCUT2D eigenvalue weighted by atomic mass is 32.1. The van der Waals surface area contributed by atoms with Crippen LogP contribution in [0.3, 0.4) is 0 Å². The summed E-state index contributed by atoms with van der Waals surface area (Å²) in [5.41, 5.74) is 4.41. The lowest BCUT2D eigenvalue weighted by Crippen LogP contribution is -2.22. The molecule has 2 aliphatic rings. The van der Waals surface area contributed by atoms with Crippen LogP contribution < -0.4 is 5.32 Å². The van der Waals surface area contributed by atoms with Crippen molar-refractivity contribution in [3.63, 3.8) is 0 Å². The highest BCUT2D eigenvalue weighted by Gasteiger charge is 2.35. The number of imide groups is 1. The number of allylic oxidation sites excluding steroid dienone is 2. The van der Waals surface area contributed by atoms with Crippen LogP contribution in [0.25, 0.3) is 34.2 Å². The normalized spacial score (nSPS) is 16.3. The third kappa shape index (κ3) is 2.14. The summed E-state index contributed by atoms with van der Waals surface area (Å²) >= 11 is 1.59. The van der Waals surface area contributed by atoms with Gasteiger partial charge in [0.15, 0.2) is 0 Å². The number of amides is 2. The smallest absolute Gasteiger partial charge is 0.259 e. The van der Waals surface area contributed by atoms with Crippen LogP contribution in [0, 0.1) is 0 Å². The Morgan fingerprint density at radius 2 is 1.73 bits per heavy atom. The first-order valence-electron chi connectivity index (χ1n) is 8.35. The molecule has 0 bridgehead atoms. The second kappa shape index (κ2) is 5.68. The summed E-state index contributed by atoms with van der Waals surface area (Å²) in [6, 6.07) is 7.78. The largest absolute Gasteiger partial charge is 0.361 e. The highest BCUT2D eigenvalue weighted by Crippen LogP contribution is 2.39. The summed E-state index contributed by atoms with van der Waals surface area (Å²) < 4.78 is 0. The van der Waals surface area contributed by atoms with E-state index < -0.39 is 0 Å². The number of aromatic amines is 1. The number of hydrogen-bond acceptors (Lipinski definition) is 3. The van der Waals surface area contributed by atoms with Crippen molar-refractivity contribution in [1.82, 2.24) is 10.3 Å². The van der Waals surface area contributed by atoms with Gasteiger partial charge in [-0.2, -0.15) is 0 Å². The first kappa shape index (κ1) is 15.1. The maximum absolute atomic E-state index is 12.7. The standard InChI is InChI=1S/C21H14N2O2S.2H2/c24-20-18(14-10-22-16-8-5-4-6-12(14)16)19(21(25)23-20)15-11-26-17-9-3-1-2-7-13(15)17;;/h2-11,22H,1H2,(H,23,24,25);2*1H. The van der Waals surface area contributed by atoms with Crippen molar-refractivity contribution in [1.29, 1.82) is 0 Å². The van der Waals surface area contributed by atoms with Gasteiger partial charge in [0.05, 0.1) is 11.1 Å². The SMILES string of the molecule is O=C1NC(=O)C(c2c[nH]c3ccccc23)=C1c1csc2c1C=CCC=C2.[HH].[HH]. The molecule has 130 valence electrons. The first-order valence-corrected chi connectivity index (χ1v) is 9.23. The lowest BCUT2D eigenvalue weighted by molar-refractivity contribution is -0.122. The maximum Gasteiger partial charge on any atom is 0.259 e. The van der Waals surface area contributed by atoms with Crippen LogP contribution in [0.1, 0.15) is 30.8 Å². The van der Waals surface area contributed by atoms with E-state index in [0.29, 0.717) is 11.1 Å². The summed E-state index contributed by atoms with van der Waals surface area (Å²) in [5, 5.41) is 5.37. The molecule has 0 radical (unpaired) electrons. The summed E-state index contributed by atoms with van der Waals surface area (Å²) in [4.78, 5) is 29.6. The maximum atomic E-state index is 12.7. The molecule has 1 aromatic carbocycles. The molecule has 0 saturated carbocycles. The van der Waals surface area contributed by atoms with Crippen molar-refractivity contribution in [3.8, 4) is 0 Å². The highest BCUT2D eigenvalue weighted by molar-refractivity contribution is 7.11. The molecule has 1 aliphatic carbocycles. The van der Waals surface area contributed by atoms with E-state index in [2.05, 4.69) is 28.5 Å². The van der Waals surface area contributed by atoms with Crippen molar-refractivity contribution in [2.45, 2.75) is 6.42 Å². The minimum atomic E-state index is -0.345. The Balaban J connectivity index is 0.00000112. The number of fused-ring (bicyclic) bond motifs is 2. The van der Waals surface area contributed by atoms with E-state index in [4.69, 9.17) is 0 Å². The van der Waals surface area contributed by atoms with Gasteiger partial charge >= 0.3 is 0 Å². The topological polar surface area (TPSA) is 62.0 Å². The molecule has 3 heterocycles. The molecule has 5 rings (SSSR count). The lowest BCUT2D eigenvalue weighted by Gasteiger charge is -2.04. The first-order chi connectivity index (χ1) is 12.7. The number of aromatic nitrogens is 1. The Hall–Kier alpha value is -3.18. The van der Waals surface area contributed by atoms with Gasteiger partial charge in [0, 0.05) is 46.9 Å². The van der Waals surface area contributed by atoms with Crippen molar-refractivity contribution in [2.75, 3.05) is 0 Å². The predicted octanol–water partition coefficient (Wildman–Crippen LogP) is 4.72. The number of hydrogen-bond donors (Lipinski definition) is 2.